The number of benzene rings is 1. The van der Waals surface area contributed by atoms with Crippen molar-refractivity contribution in [2.75, 3.05) is 32.4 Å². The number of rotatable bonds is 5. The molecule has 3 heterocycles. The van der Waals surface area contributed by atoms with Crippen LogP contribution in [-0.2, 0) is 16.4 Å². The second-order valence-corrected chi connectivity index (χ2v) is 9.83. The Labute approximate surface area is 165 Å². The van der Waals surface area contributed by atoms with Crippen molar-refractivity contribution in [3.8, 4) is 0 Å². The second kappa shape index (κ2) is 7.93. The summed E-state index contributed by atoms with van der Waals surface area (Å²) in [6.07, 6.45) is 6.29. The molecule has 1 aromatic carbocycles. The highest BCUT2D eigenvalue weighted by molar-refractivity contribution is 7.88. The van der Waals surface area contributed by atoms with Crippen molar-refractivity contribution in [2.45, 2.75) is 37.6 Å². The van der Waals surface area contributed by atoms with Gasteiger partial charge in [-0.25, -0.2) is 22.1 Å². The summed E-state index contributed by atoms with van der Waals surface area (Å²) >= 11 is 0. The quantitative estimate of drug-likeness (QED) is 0.762. The van der Waals surface area contributed by atoms with E-state index in [0.29, 0.717) is 25.6 Å². The maximum atomic E-state index is 13.3. The monoisotopic (exact) mass is 407 g/mol. The number of halogens is 1. The Kier molecular flexibility index (Phi) is 5.53. The van der Waals surface area contributed by atoms with Crippen molar-refractivity contribution < 1.29 is 17.2 Å². The van der Waals surface area contributed by atoms with Gasteiger partial charge in [0, 0.05) is 38.0 Å². The zero-order chi connectivity index (χ0) is 19.7. The van der Waals surface area contributed by atoms with E-state index in [1.54, 1.807) is 16.6 Å². The van der Waals surface area contributed by atoms with E-state index in [2.05, 4.69) is 9.88 Å². The van der Waals surface area contributed by atoms with Crippen LogP contribution in [0.15, 0.2) is 34.9 Å². The van der Waals surface area contributed by atoms with Crippen LogP contribution in [0.25, 0.3) is 0 Å². The molecule has 6 nitrogen and oxygen atoms in total. The summed E-state index contributed by atoms with van der Waals surface area (Å²) in [4.78, 5) is 6.91. The van der Waals surface area contributed by atoms with Crippen LogP contribution in [0.5, 0.6) is 0 Å². The van der Waals surface area contributed by atoms with Gasteiger partial charge in [-0.15, -0.1) is 0 Å². The first-order valence-corrected chi connectivity index (χ1v) is 11.6. The van der Waals surface area contributed by atoms with Gasteiger partial charge in [-0.1, -0.05) is 12.1 Å². The van der Waals surface area contributed by atoms with Gasteiger partial charge in [0.25, 0.3) is 0 Å². The van der Waals surface area contributed by atoms with Crippen LogP contribution < -0.4 is 0 Å². The number of aromatic nitrogens is 1. The molecule has 0 radical (unpaired) electrons. The van der Waals surface area contributed by atoms with Crippen molar-refractivity contribution in [3.63, 3.8) is 0 Å². The zero-order valence-electron chi connectivity index (χ0n) is 16.1. The number of likely N-dealkylation sites (tertiary alicyclic amines) is 1. The van der Waals surface area contributed by atoms with E-state index < -0.39 is 10.0 Å². The maximum absolute atomic E-state index is 13.3. The second-order valence-electron chi connectivity index (χ2n) is 7.85. The molecule has 2 saturated heterocycles. The molecule has 1 unspecified atom stereocenters. The number of hydrogen-bond donors (Lipinski definition) is 0. The van der Waals surface area contributed by atoms with E-state index >= 15 is 0 Å². The van der Waals surface area contributed by atoms with E-state index in [1.807, 2.05) is 6.07 Å². The molecule has 0 bridgehead atoms. The van der Waals surface area contributed by atoms with E-state index in [1.165, 1.54) is 18.4 Å². The average Bonchev–Trinajstić information content (AvgIpc) is 3.30. The van der Waals surface area contributed by atoms with Crippen LogP contribution in [-0.4, -0.2) is 61.1 Å². The Morgan fingerprint density at radius 2 is 2.00 bits per heavy atom. The smallest absolute Gasteiger partial charge is 0.211 e. The molecule has 2 aromatic rings. The molecule has 4 rings (SSSR count). The molecule has 8 heteroatoms. The Hall–Kier alpha value is -1.77. The fraction of sp³-hybridized carbons (Fsp3) is 0.550. The Morgan fingerprint density at radius 3 is 2.71 bits per heavy atom. The molecule has 1 aromatic heterocycles. The molecule has 0 spiro atoms. The molecule has 28 heavy (non-hydrogen) atoms. The lowest BCUT2D eigenvalue weighted by atomic mass is 10.1. The maximum Gasteiger partial charge on any atom is 0.211 e. The highest BCUT2D eigenvalue weighted by Crippen LogP contribution is 2.31. The lowest BCUT2D eigenvalue weighted by molar-refractivity contribution is 0.165. The van der Waals surface area contributed by atoms with E-state index in [4.69, 9.17) is 4.42 Å². The summed E-state index contributed by atoms with van der Waals surface area (Å²) in [5, 5.41) is 0. The molecule has 0 aliphatic carbocycles. The van der Waals surface area contributed by atoms with Crippen LogP contribution in [0.2, 0.25) is 0 Å². The minimum Gasteiger partial charge on any atom is -0.445 e. The standard InChI is InChI=1S/C20H26FN3O3S/c1-28(25,26)24-9-6-18(7-10-24)23-8-5-16(14-23)20-22-13-19(27-20)12-15-3-2-4-17(21)11-15/h2-4,11,13,16,18H,5-10,12,14H2,1H3. The van der Waals surface area contributed by atoms with Crippen molar-refractivity contribution in [1.29, 1.82) is 0 Å². The summed E-state index contributed by atoms with van der Waals surface area (Å²) in [6.45, 7) is 3.07. The van der Waals surface area contributed by atoms with Crippen molar-refractivity contribution >= 4 is 10.0 Å². The first kappa shape index (κ1) is 19.5. The van der Waals surface area contributed by atoms with Crippen molar-refractivity contribution in [1.82, 2.24) is 14.2 Å². The van der Waals surface area contributed by atoms with E-state index in [-0.39, 0.29) is 11.7 Å². The average molecular weight is 408 g/mol. The van der Waals surface area contributed by atoms with Crippen LogP contribution in [0.4, 0.5) is 4.39 Å². The SMILES string of the molecule is CS(=O)(=O)N1CCC(N2CCC(c3ncc(Cc4cccc(F)c4)o3)C2)CC1. The molecule has 0 saturated carbocycles. The molecule has 2 aliphatic heterocycles. The highest BCUT2D eigenvalue weighted by atomic mass is 32.2. The third-order valence-electron chi connectivity index (χ3n) is 5.82. The molecule has 0 amide bonds. The van der Waals surface area contributed by atoms with Crippen LogP contribution >= 0.6 is 0 Å². The van der Waals surface area contributed by atoms with Gasteiger partial charge in [0.1, 0.15) is 11.6 Å². The molecule has 152 valence electrons. The van der Waals surface area contributed by atoms with Gasteiger partial charge in [0.15, 0.2) is 5.89 Å². The number of sulfonamides is 1. The molecule has 2 aliphatic rings. The lowest BCUT2D eigenvalue weighted by Crippen LogP contribution is -2.45. The van der Waals surface area contributed by atoms with E-state index in [0.717, 1.165) is 49.6 Å². The van der Waals surface area contributed by atoms with Crippen LogP contribution in [0.1, 0.15) is 42.4 Å². The normalized spacial score (nSPS) is 22.7. The predicted octanol–water partition coefficient (Wildman–Crippen LogP) is 2.62. The number of piperidine rings is 1. The molecule has 1 atom stereocenters. The van der Waals surface area contributed by atoms with Crippen LogP contribution in [0, 0.1) is 5.82 Å². The summed E-state index contributed by atoms with van der Waals surface area (Å²) in [6, 6.07) is 6.95. The topological polar surface area (TPSA) is 66.7 Å². The third-order valence-corrected chi connectivity index (χ3v) is 7.12. The molecular weight excluding hydrogens is 381 g/mol. The largest absolute Gasteiger partial charge is 0.445 e. The third kappa shape index (κ3) is 4.45. The van der Waals surface area contributed by atoms with Gasteiger partial charge in [0.05, 0.1) is 12.5 Å². The Bertz CT molecular complexity index is 922. The van der Waals surface area contributed by atoms with Gasteiger partial charge in [-0.05, 0) is 43.5 Å². The summed E-state index contributed by atoms with van der Waals surface area (Å²) in [5.74, 6) is 1.52. The van der Waals surface area contributed by atoms with Gasteiger partial charge in [0.2, 0.25) is 10.0 Å². The minimum absolute atomic E-state index is 0.245. The first-order valence-electron chi connectivity index (χ1n) is 9.77. The summed E-state index contributed by atoms with van der Waals surface area (Å²) in [5.41, 5.74) is 0.869. The molecule has 2 fully saturated rings. The first-order chi connectivity index (χ1) is 13.4. The van der Waals surface area contributed by atoms with Crippen molar-refractivity contribution in [2.24, 2.45) is 0 Å². The van der Waals surface area contributed by atoms with E-state index in [9.17, 15) is 12.8 Å². The minimum atomic E-state index is -3.09. The molecular formula is C20H26FN3O3S. The Balaban J connectivity index is 1.33. The van der Waals surface area contributed by atoms with Gasteiger partial charge in [-0.3, -0.25) is 4.90 Å². The van der Waals surface area contributed by atoms with Gasteiger partial charge in [-0.2, -0.15) is 0 Å². The van der Waals surface area contributed by atoms with Gasteiger partial charge < -0.3 is 4.42 Å². The van der Waals surface area contributed by atoms with Gasteiger partial charge >= 0.3 is 0 Å². The van der Waals surface area contributed by atoms with Crippen molar-refractivity contribution in [3.05, 3.63) is 53.5 Å². The zero-order valence-corrected chi connectivity index (χ0v) is 16.9. The Morgan fingerprint density at radius 1 is 1.21 bits per heavy atom. The number of hydrogen-bond acceptors (Lipinski definition) is 5. The fourth-order valence-corrected chi connectivity index (χ4v) is 5.17. The summed E-state index contributed by atoms with van der Waals surface area (Å²) < 4.78 is 44.2. The highest BCUT2D eigenvalue weighted by Gasteiger charge is 2.34. The lowest BCUT2D eigenvalue weighted by Gasteiger charge is -2.35. The number of oxazole rings is 1. The number of nitrogens with zero attached hydrogens (tertiary/aromatic N) is 3. The fourth-order valence-electron chi connectivity index (χ4n) is 4.30. The van der Waals surface area contributed by atoms with Crippen LogP contribution in [0.3, 0.4) is 0 Å². The molecule has 0 N–H and O–H groups in total. The summed E-state index contributed by atoms with van der Waals surface area (Å²) in [7, 11) is -3.09. The predicted molar refractivity (Wildman–Crippen MR) is 104 cm³/mol.